The van der Waals surface area contributed by atoms with Gasteiger partial charge in [-0.25, -0.2) is 0 Å². The van der Waals surface area contributed by atoms with Gasteiger partial charge in [-0.2, -0.15) is 0 Å². The SMILES string of the molecule is CCOC(=O)CSCC(=O)N[C@H](C)[C@@H]1C[C@H]2CC[C@H]1C2. The lowest BCUT2D eigenvalue weighted by molar-refractivity contribution is -0.139. The van der Waals surface area contributed by atoms with E-state index in [2.05, 4.69) is 12.2 Å². The van der Waals surface area contributed by atoms with E-state index in [0.717, 1.165) is 11.8 Å². The van der Waals surface area contributed by atoms with Crippen LogP contribution in [-0.4, -0.2) is 36.0 Å². The molecule has 0 aromatic rings. The first kappa shape index (κ1) is 15.7. The van der Waals surface area contributed by atoms with Gasteiger partial charge in [0, 0.05) is 6.04 Å². The molecule has 4 atom stereocenters. The van der Waals surface area contributed by atoms with Crippen molar-refractivity contribution in [3.63, 3.8) is 0 Å². The number of fused-ring (bicyclic) bond motifs is 2. The molecular weight excluding hydrogens is 274 g/mol. The van der Waals surface area contributed by atoms with E-state index in [1.54, 1.807) is 6.92 Å². The number of ether oxygens (including phenoxy) is 1. The third-order valence-electron chi connectivity index (χ3n) is 4.58. The van der Waals surface area contributed by atoms with Gasteiger partial charge in [-0.15, -0.1) is 11.8 Å². The summed E-state index contributed by atoms with van der Waals surface area (Å²) in [7, 11) is 0. The highest BCUT2D eigenvalue weighted by molar-refractivity contribution is 8.00. The molecule has 0 aromatic carbocycles. The summed E-state index contributed by atoms with van der Waals surface area (Å²) in [6, 6.07) is 0.265. The number of thioether (sulfide) groups is 1. The Balaban J connectivity index is 1.63. The van der Waals surface area contributed by atoms with Crippen molar-refractivity contribution in [1.82, 2.24) is 5.32 Å². The van der Waals surface area contributed by atoms with E-state index in [1.165, 1.54) is 37.4 Å². The molecule has 0 saturated heterocycles. The number of amides is 1. The lowest BCUT2D eigenvalue weighted by Crippen LogP contribution is -2.41. The lowest BCUT2D eigenvalue weighted by Gasteiger charge is -2.28. The Hall–Kier alpha value is -0.710. The maximum absolute atomic E-state index is 11.9. The predicted molar refractivity (Wildman–Crippen MR) is 80.5 cm³/mol. The fraction of sp³-hybridized carbons (Fsp3) is 0.867. The number of carbonyl (C=O) groups excluding carboxylic acids is 2. The largest absolute Gasteiger partial charge is 0.465 e. The highest BCUT2D eigenvalue weighted by Crippen LogP contribution is 2.49. The first-order valence-electron chi connectivity index (χ1n) is 7.62. The zero-order valence-electron chi connectivity index (χ0n) is 12.4. The van der Waals surface area contributed by atoms with E-state index in [-0.39, 0.29) is 23.7 Å². The van der Waals surface area contributed by atoms with E-state index >= 15 is 0 Å². The van der Waals surface area contributed by atoms with Gasteiger partial charge in [0.2, 0.25) is 5.91 Å². The molecule has 114 valence electrons. The van der Waals surface area contributed by atoms with Gasteiger partial charge >= 0.3 is 5.97 Å². The molecule has 0 unspecified atom stereocenters. The van der Waals surface area contributed by atoms with Crippen LogP contribution in [0.2, 0.25) is 0 Å². The van der Waals surface area contributed by atoms with Crippen LogP contribution in [0.4, 0.5) is 0 Å². The zero-order valence-corrected chi connectivity index (χ0v) is 13.2. The topological polar surface area (TPSA) is 55.4 Å². The molecule has 2 saturated carbocycles. The monoisotopic (exact) mass is 299 g/mol. The second-order valence-electron chi connectivity index (χ2n) is 5.99. The minimum atomic E-state index is -0.244. The van der Waals surface area contributed by atoms with Crippen LogP contribution >= 0.6 is 11.8 Å². The molecule has 0 aromatic heterocycles. The predicted octanol–water partition coefficient (Wildman–Crippen LogP) is 2.22. The second-order valence-corrected chi connectivity index (χ2v) is 6.98. The molecule has 2 rings (SSSR count). The maximum Gasteiger partial charge on any atom is 0.315 e. The van der Waals surface area contributed by atoms with Crippen molar-refractivity contribution in [3.8, 4) is 0 Å². The van der Waals surface area contributed by atoms with E-state index < -0.39 is 0 Å². The summed E-state index contributed by atoms with van der Waals surface area (Å²) in [5.41, 5.74) is 0. The molecule has 2 bridgehead atoms. The lowest BCUT2D eigenvalue weighted by atomic mass is 9.84. The van der Waals surface area contributed by atoms with E-state index in [4.69, 9.17) is 4.74 Å². The highest BCUT2D eigenvalue weighted by atomic mass is 32.2. The molecule has 2 aliphatic carbocycles. The van der Waals surface area contributed by atoms with Crippen molar-refractivity contribution in [2.75, 3.05) is 18.1 Å². The van der Waals surface area contributed by atoms with Gasteiger partial charge in [0.25, 0.3) is 0 Å². The normalized spacial score (nSPS) is 29.2. The first-order chi connectivity index (χ1) is 9.60. The van der Waals surface area contributed by atoms with Crippen molar-refractivity contribution in [2.45, 2.75) is 45.6 Å². The number of hydrogen-bond acceptors (Lipinski definition) is 4. The van der Waals surface area contributed by atoms with E-state index in [1.807, 2.05) is 0 Å². The Morgan fingerprint density at radius 3 is 2.70 bits per heavy atom. The van der Waals surface area contributed by atoms with Crippen molar-refractivity contribution in [3.05, 3.63) is 0 Å². The Morgan fingerprint density at radius 2 is 2.10 bits per heavy atom. The van der Waals surface area contributed by atoms with Crippen LogP contribution in [0.15, 0.2) is 0 Å². The third kappa shape index (κ3) is 4.14. The molecule has 0 radical (unpaired) electrons. The van der Waals surface area contributed by atoms with Crippen LogP contribution in [0.1, 0.15) is 39.5 Å². The molecule has 1 N–H and O–H groups in total. The van der Waals surface area contributed by atoms with Crippen molar-refractivity contribution >= 4 is 23.6 Å². The summed E-state index contributed by atoms with van der Waals surface area (Å²) >= 11 is 1.32. The van der Waals surface area contributed by atoms with Gasteiger partial charge in [0.1, 0.15) is 0 Å². The molecule has 4 nitrogen and oxygen atoms in total. The Kier molecular flexibility index (Phi) is 5.75. The third-order valence-corrected chi connectivity index (χ3v) is 5.49. The van der Waals surface area contributed by atoms with E-state index in [0.29, 0.717) is 18.3 Å². The number of hydrogen-bond donors (Lipinski definition) is 1. The number of nitrogens with one attached hydrogen (secondary N) is 1. The summed E-state index contributed by atoms with van der Waals surface area (Å²) < 4.78 is 4.83. The molecule has 0 heterocycles. The smallest absolute Gasteiger partial charge is 0.315 e. The summed E-state index contributed by atoms with van der Waals surface area (Å²) in [5.74, 6) is 2.77. The molecule has 1 amide bonds. The molecule has 0 spiro atoms. The van der Waals surface area contributed by atoms with Crippen LogP contribution in [0, 0.1) is 17.8 Å². The average Bonchev–Trinajstić information content (AvgIpc) is 3.01. The maximum atomic E-state index is 11.9. The second kappa shape index (κ2) is 7.34. The van der Waals surface area contributed by atoms with Crippen molar-refractivity contribution in [1.29, 1.82) is 0 Å². The van der Waals surface area contributed by atoms with Crippen molar-refractivity contribution < 1.29 is 14.3 Å². The number of carbonyl (C=O) groups is 2. The molecule has 0 aliphatic heterocycles. The number of esters is 1. The summed E-state index contributed by atoms with van der Waals surface area (Å²) in [6.07, 6.45) is 5.37. The van der Waals surface area contributed by atoms with Crippen LogP contribution in [-0.2, 0) is 14.3 Å². The summed E-state index contributed by atoms with van der Waals surface area (Å²) in [6.45, 7) is 4.30. The fourth-order valence-corrected chi connectivity index (χ4v) is 4.36. The van der Waals surface area contributed by atoms with Gasteiger partial charge in [0.15, 0.2) is 0 Å². The Labute approximate surface area is 125 Å². The molecule has 20 heavy (non-hydrogen) atoms. The highest BCUT2D eigenvalue weighted by Gasteiger charge is 2.42. The molecule has 5 heteroatoms. The van der Waals surface area contributed by atoms with Crippen LogP contribution < -0.4 is 5.32 Å². The van der Waals surface area contributed by atoms with Gasteiger partial charge in [-0.1, -0.05) is 6.42 Å². The molecule has 2 fully saturated rings. The Bertz CT molecular complexity index is 361. The van der Waals surface area contributed by atoms with Crippen LogP contribution in [0.5, 0.6) is 0 Å². The molecular formula is C15H25NO3S. The Morgan fingerprint density at radius 1 is 1.30 bits per heavy atom. The van der Waals surface area contributed by atoms with E-state index in [9.17, 15) is 9.59 Å². The quantitative estimate of drug-likeness (QED) is 0.732. The van der Waals surface area contributed by atoms with Gasteiger partial charge in [-0.05, 0) is 50.9 Å². The molecule has 2 aliphatic rings. The van der Waals surface area contributed by atoms with Gasteiger partial charge in [0.05, 0.1) is 18.1 Å². The summed E-state index contributed by atoms with van der Waals surface area (Å²) in [4.78, 5) is 23.0. The first-order valence-corrected chi connectivity index (χ1v) is 8.78. The number of rotatable bonds is 7. The van der Waals surface area contributed by atoms with Crippen LogP contribution in [0.3, 0.4) is 0 Å². The van der Waals surface area contributed by atoms with Gasteiger partial charge < -0.3 is 10.1 Å². The van der Waals surface area contributed by atoms with Crippen LogP contribution in [0.25, 0.3) is 0 Å². The summed E-state index contributed by atoms with van der Waals surface area (Å²) in [5, 5.41) is 3.10. The average molecular weight is 299 g/mol. The fourth-order valence-electron chi connectivity index (χ4n) is 3.74. The van der Waals surface area contributed by atoms with Crippen molar-refractivity contribution in [2.24, 2.45) is 17.8 Å². The standard InChI is InChI=1S/C15H25NO3S/c1-3-19-15(18)9-20-8-14(17)16-10(2)13-7-11-4-5-12(13)6-11/h10-13H,3-9H2,1-2H3,(H,16,17)/t10-,11+,12+,13+/m1/s1. The van der Waals surface area contributed by atoms with Gasteiger partial charge in [-0.3, -0.25) is 9.59 Å². The minimum Gasteiger partial charge on any atom is -0.465 e. The minimum absolute atomic E-state index is 0.0366. The zero-order chi connectivity index (χ0) is 14.5.